The van der Waals surface area contributed by atoms with Gasteiger partial charge in [0, 0.05) is 13.1 Å². The lowest BCUT2D eigenvalue weighted by atomic mass is 9.88. The molecule has 1 aliphatic rings. The van der Waals surface area contributed by atoms with Gasteiger partial charge in [-0.15, -0.1) is 0 Å². The van der Waals surface area contributed by atoms with E-state index in [1.807, 2.05) is 51.1 Å². The van der Waals surface area contributed by atoms with E-state index in [2.05, 4.69) is 0 Å². The maximum Gasteiger partial charge on any atom is 0.410 e. The van der Waals surface area contributed by atoms with Crippen molar-refractivity contribution in [1.82, 2.24) is 4.90 Å². The molecule has 1 aliphatic heterocycles. The van der Waals surface area contributed by atoms with Crippen molar-refractivity contribution in [2.45, 2.75) is 46.3 Å². The highest BCUT2D eigenvalue weighted by molar-refractivity contribution is 5.79. The van der Waals surface area contributed by atoms with Crippen LogP contribution in [0.4, 0.5) is 4.79 Å². The van der Waals surface area contributed by atoms with Crippen LogP contribution in [-0.4, -0.2) is 48.9 Å². The molecule has 6 heteroatoms. The molecule has 144 valence electrons. The molecular formula is C20H29NO5. The molecule has 0 bridgehead atoms. The minimum Gasteiger partial charge on any atom is -0.465 e. The van der Waals surface area contributed by atoms with E-state index in [-0.39, 0.29) is 19.1 Å². The van der Waals surface area contributed by atoms with Crippen LogP contribution in [0.5, 0.6) is 0 Å². The summed E-state index contributed by atoms with van der Waals surface area (Å²) in [5.74, 6) is -0.320. The summed E-state index contributed by atoms with van der Waals surface area (Å²) in [5.41, 5.74) is -0.383. The summed E-state index contributed by atoms with van der Waals surface area (Å²) in [4.78, 5) is 26.5. The molecule has 1 unspecified atom stereocenters. The first-order valence-electron chi connectivity index (χ1n) is 9.02. The predicted molar refractivity (Wildman–Crippen MR) is 97.6 cm³/mol. The average Bonchev–Trinajstić information content (AvgIpc) is 3.00. The van der Waals surface area contributed by atoms with Crippen LogP contribution in [0.3, 0.4) is 0 Å². The number of rotatable bonds is 6. The number of nitrogens with zero attached hydrogens (tertiary/aromatic N) is 1. The summed E-state index contributed by atoms with van der Waals surface area (Å²) in [6, 6.07) is 9.77. The van der Waals surface area contributed by atoms with Gasteiger partial charge < -0.3 is 19.1 Å². The van der Waals surface area contributed by atoms with Gasteiger partial charge in [-0.25, -0.2) is 4.79 Å². The molecule has 0 aromatic heterocycles. The number of benzene rings is 1. The molecule has 1 heterocycles. The largest absolute Gasteiger partial charge is 0.465 e. The van der Waals surface area contributed by atoms with Crippen molar-refractivity contribution >= 4 is 12.1 Å². The third-order valence-corrected chi connectivity index (χ3v) is 4.20. The average molecular weight is 363 g/mol. The second kappa shape index (κ2) is 8.54. The topological polar surface area (TPSA) is 65.1 Å². The van der Waals surface area contributed by atoms with Gasteiger partial charge in [-0.05, 0) is 39.7 Å². The van der Waals surface area contributed by atoms with Crippen molar-refractivity contribution in [2.24, 2.45) is 5.41 Å². The first-order chi connectivity index (χ1) is 12.3. The lowest BCUT2D eigenvalue weighted by molar-refractivity contribution is -0.158. The van der Waals surface area contributed by atoms with Crippen molar-refractivity contribution < 1.29 is 23.8 Å². The molecule has 0 radical (unpaired) electrons. The zero-order valence-corrected chi connectivity index (χ0v) is 16.1. The van der Waals surface area contributed by atoms with Crippen molar-refractivity contribution in [2.75, 3.05) is 26.3 Å². The highest BCUT2D eigenvalue weighted by atomic mass is 16.6. The Labute approximate surface area is 155 Å². The van der Waals surface area contributed by atoms with Gasteiger partial charge in [0.2, 0.25) is 0 Å². The number of hydrogen-bond donors (Lipinski definition) is 0. The van der Waals surface area contributed by atoms with Gasteiger partial charge in [0.05, 0.1) is 19.8 Å². The van der Waals surface area contributed by atoms with Crippen LogP contribution in [0, 0.1) is 5.41 Å². The number of amides is 1. The second-order valence-corrected chi connectivity index (χ2v) is 7.63. The number of carbonyl (C=O) groups is 2. The van der Waals surface area contributed by atoms with Gasteiger partial charge >= 0.3 is 12.1 Å². The Morgan fingerprint density at radius 1 is 1.19 bits per heavy atom. The summed E-state index contributed by atoms with van der Waals surface area (Å²) in [5, 5.41) is 0. The van der Waals surface area contributed by atoms with Crippen molar-refractivity contribution in [3.63, 3.8) is 0 Å². The Bertz CT molecular complexity index is 610. The SMILES string of the molecule is CCOC(=O)C1(COCc2ccccc2)CCN(C(=O)OC(C)(C)C)C1. The summed E-state index contributed by atoms with van der Waals surface area (Å²) < 4.78 is 16.5. The van der Waals surface area contributed by atoms with E-state index in [0.29, 0.717) is 26.2 Å². The number of likely N-dealkylation sites (tertiary alicyclic amines) is 1. The standard InChI is InChI=1S/C20H29NO5/c1-5-25-17(22)20(15-24-13-16-9-7-6-8-10-16)11-12-21(14-20)18(23)26-19(2,3)4/h6-10H,5,11-15H2,1-4H3. The highest BCUT2D eigenvalue weighted by Crippen LogP contribution is 2.33. The number of carbonyl (C=O) groups excluding carboxylic acids is 2. The lowest BCUT2D eigenvalue weighted by Gasteiger charge is -2.28. The zero-order chi connectivity index (χ0) is 19.2. The first-order valence-corrected chi connectivity index (χ1v) is 9.02. The number of ether oxygens (including phenoxy) is 3. The summed E-state index contributed by atoms with van der Waals surface area (Å²) in [7, 11) is 0. The Hall–Kier alpha value is -2.08. The van der Waals surface area contributed by atoms with Gasteiger partial charge in [-0.2, -0.15) is 0 Å². The number of hydrogen-bond acceptors (Lipinski definition) is 5. The monoisotopic (exact) mass is 363 g/mol. The zero-order valence-electron chi connectivity index (χ0n) is 16.1. The second-order valence-electron chi connectivity index (χ2n) is 7.63. The molecule has 1 saturated heterocycles. The lowest BCUT2D eigenvalue weighted by Crippen LogP contribution is -2.42. The minimum absolute atomic E-state index is 0.208. The third kappa shape index (κ3) is 5.46. The van der Waals surface area contributed by atoms with E-state index >= 15 is 0 Å². The van der Waals surface area contributed by atoms with Gasteiger partial charge in [-0.1, -0.05) is 30.3 Å². The maximum absolute atomic E-state index is 12.6. The molecule has 1 amide bonds. The van der Waals surface area contributed by atoms with E-state index in [1.54, 1.807) is 11.8 Å². The van der Waals surface area contributed by atoms with Crippen LogP contribution in [0.1, 0.15) is 39.7 Å². The third-order valence-electron chi connectivity index (χ3n) is 4.20. The molecule has 1 fully saturated rings. The molecule has 0 N–H and O–H groups in total. The van der Waals surface area contributed by atoms with Crippen LogP contribution in [-0.2, 0) is 25.6 Å². The molecule has 2 rings (SSSR count). The van der Waals surface area contributed by atoms with Crippen LogP contribution in [0.25, 0.3) is 0 Å². The van der Waals surface area contributed by atoms with E-state index in [9.17, 15) is 9.59 Å². The summed E-state index contributed by atoms with van der Waals surface area (Å²) >= 11 is 0. The van der Waals surface area contributed by atoms with Crippen molar-refractivity contribution in [3.05, 3.63) is 35.9 Å². The molecule has 0 aliphatic carbocycles. The van der Waals surface area contributed by atoms with Gasteiger partial charge in [0.1, 0.15) is 11.0 Å². The van der Waals surface area contributed by atoms with Crippen molar-refractivity contribution in [3.8, 4) is 0 Å². The molecule has 26 heavy (non-hydrogen) atoms. The Morgan fingerprint density at radius 2 is 1.88 bits per heavy atom. The van der Waals surface area contributed by atoms with Crippen LogP contribution in [0.15, 0.2) is 30.3 Å². The predicted octanol–water partition coefficient (Wildman–Crippen LogP) is 3.39. The normalized spacial score (nSPS) is 20.1. The van der Waals surface area contributed by atoms with Crippen LogP contribution >= 0.6 is 0 Å². The quantitative estimate of drug-likeness (QED) is 0.725. The van der Waals surface area contributed by atoms with Gasteiger partial charge in [0.25, 0.3) is 0 Å². The molecule has 1 aromatic carbocycles. The van der Waals surface area contributed by atoms with Gasteiger partial charge in [0.15, 0.2) is 0 Å². The van der Waals surface area contributed by atoms with Crippen molar-refractivity contribution in [1.29, 1.82) is 0 Å². The van der Waals surface area contributed by atoms with E-state index < -0.39 is 17.1 Å². The van der Waals surface area contributed by atoms with Crippen LogP contribution < -0.4 is 0 Å². The number of esters is 1. The molecule has 6 nitrogen and oxygen atoms in total. The van der Waals surface area contributed by atoms with E-state index in [4.69, 9.17) is 14.2 Å². The summed E-state index contributed by atoms with van der Waals surface area (Å²) in [6.07, 6.45) is 0.0894. The Balaban J connectivity index is 2.02. The fourth-order valence-corrected chi connectivity index (χ4v) is 2.92. The fraction of sp³-hybridized carbons (Fsp3) is 0.600. The minimum atomic E-state index is -0.846. The maximum atomic E-state index is 12.6. The molecule has 1 atom stereocenters. The summed E-state index contributed by atoms with van der Waals surface area (Å²) in [6.45, 7) is 8.85. The molecular weight excluding hydrogens is 334 g/mol. The van der Waals surface area contributed by atoms with Crippen LogP contribution in [0.2, 0.25) is 0 Å². The highest BCUT2D eigenvalue weighted by Gasteiger charge is 2.48. The Morgan fingerprint density at radius 3 is 2.50 bits per heavy atom. The Kier molecular flexibility index (Phi) is 6.64. The van der Waals surface area contributed by atoms with Gasteiger partial charge in [-0.3, -0.25) is 4.79 Å². The first kappa shape index (κ1) is 20.2. The molecule has 0 spiro atoms. The molecule has 0 saturated carbocycles. The van der Waals surface area contributed by atoms with E-state index in [1.165, 1.54) is 0 Å². The smallest absolute Gasteiger partial charge is 0.410 e. The fourth-order valence-electron chi connectivity index (χ4n) is 2.92. The molecule has 1 aromatic rings. The van der Waals surface area contributed by atoms with E-state index in [0.717, 1.165) is 5.56 Å².